The van der Waals surface area contributed by atoms with Gasteiger partial charge < -0.3 is 10.1 Å². The molecule has 9 heteroatoms. The van der Waals surface area contributed by atoms with Crippen LogP contribution in [0.25, 0.3) is 0 Å². The molecule has 0 radical (unpaired) electrons. The fourth-order valence-corrected chi connectivity index (χ4v) is 3.81. The summed E-state index contributed by atoms with van der Waals surface area (Å²) in [6.07, 6.45) is 0. The molecular weight excluding hydrogens is 378 g/mol. The number of nitrogens with zero attached hydrogens (tertiary/aromatic N) is 1. The molecule has 146 valence electrons. The fraction of sp³-hybridized carbons (Fsp3) is 0.278. The Balaban J connectivity index is 1.98. The van der Waals surface area contributed by atoms with E-state index in [1.165, 1.54) is 28.6 Å². The highest BCUT2D eigenvalue weighted by Crippen LogP contribution is 2.19. The average Bonchev–Trinajstić information content (AvgIpc) is 2.62. The van der Waals surface area contributed by atoms with Crippen molar-refractivity contribution in [2.75, 3.05) is 25.0 Å². The van der Waals surface area contributed by atoms with E-state index in [0.717, 1.165) is 12.1 Å². The molecule has 0 saturated heterocycles. The maximum absolute atomic E-state index is 13.5. The first kappa shape index (κ1) is 20.8. The van der Waals surface area contributed by atoms with E-state index in [-0.39, 0.29) is 10.6 Å². The lowest BCUT2D eigenvalue weighted by Gasteiger charge is -2.18. The van der Waals surface area contributed by atoms with Crippen LogP contribution in [-0.2, 0) is 14.8 Å². The molecule has 2 aromatic rings. The quantitative estimate of drug-likeness (QED) is 0.742. The molecular formula is C18H20F2N2O4S. The maximum atomic E-state index is 13.5. The number of sulfonamides is 1. The van der Waals surface area contributed by atoms with Crippen molar-refractivity contribution in [1.82, 2.24) is 4.31 Å². The van der Waals surface area contributed by atoms with Gasteiger partial charge in [-0.3, -0.25) is 4.79 Å². The Labute approximate surface area is 156 Å². The van der Waals surface area contributed by atoms with Crippen LogP contribution in [0.15, 0.2) is 47.4 Å². The third kappa shape index (κ3) is 5.24. The molecule has 0 bridgehead atoms. The lowest BCUT2D eigenvalue weighted by Crippen LogP contribution is -2.30. The smallest absolute Gasteiger partial charge is 0.262 e. The van der Waals surface area contributed by atoms with Crippen LogP contribution in [0, 0.1) is 11.6 Å². The summed E-state index contributed by atoms with van der Waals surface area (Å²) in [5.74, 6) is -2.47. The molecule has 6 nitrogen and oxygen atoms in total. The Morgan fingerprint density at radius 2 is 1.70 bits per heavy atom. The van der Waals surface area contributed by atoms with Crippen LogP contribution in [0.5, 0.6) is 5.75 Å². The van der Waals surface area contributed by atoms with E-state index in [0.29, 0.717) is 24.8 Å². The first-order valence-corrected chi connectivity index (χ1v) is 9.69. The SMILES string of the molecule is CCN(CC)S(=O)(=O)c1ccc(NC(=O)COc2ccc(F)cc2F)cc1. The second kappa shape index (κ2) is 8.92. The van der Waals surface area contributed by atoms with Crippen molar-refractivity contribution in [1.29, 1.82) is 0 Å². The topological polar surface area (TPSA) is 75.7 Å². The van der Waals surface area contributed by atoms with Gasteiger partial charge in [0.25, 0.3) is 5.91 Å². The monoisotopic (exact) mass is 398 g/mol. The number of hydrogen-bond acceptors (Lipinski definition) is 4. The van der Waals surface area contributed by atoms with Crippen LogP contribution in [0.4, 0.5) is 14.5 Å². The molecule has 2 rings (SSSR count). The minimum Gasteiger partial charge on any atom is -0.481 e. The van der Waals surface area contributed by atoms with Crippen molar-refractivity contribution in [2.45, 2.75) is 18.7 Å². The molecule has 0 aromatic heterocycles. The average molecular weight is 398 g/mol. The van der Waals surface area contributed by atoms with Crippen LogP contribution in [-0.4, -0.2) is 38.3 Å². The number of benzene rings is 2. The van der Waals surface area contributed by atoms with Crippen LogP contribution in [0.2, 0.25) is 0 Å². The van der Waals surface area contributed by atoms with Gasteiger partial charge in [0.15, 0.2) is 18.2 Å². The Morgan fingerprint density at radius 3 is 2.26 bits per heavy atom. The van der Waals surface area contributed by atoms with Crippen molar-refractivity contribution >= 4 is 21.6 Å². The molecule has 0 unspecified atom stereocenters. The van der Waals surface area contributed by atoms with Crippen LogP contribution >= 0.6 is 0 Å². The van der Waals surface area contributed by atoms with Gasteiger partial charge in [0.2, 0.25) is 10.0 Å². The molecule has 0 saturated carbocycles. The molecule has 0 fully saturated rings. The van der Waals surface area contributed by atoms with E-state index in [1.54, 1.807) is 13.8 Å². The van der Waals surface area contributed by atoms with Gasteiger partial charge in [-0.1, -0.05) is 13.8 Å². The molecule has 0 atom stereocenters. The van der Waals surface area contributed by atoms with E-state index >= 15 is 0 Å². The Bertz CT molecular complexity index is 898. The fourth-order valence-electron chi connectivity index (χ4n) is 2.36. The summed E-state index contributed by atoms with van der Waals surface area (Å²) in [5, 5.41) is 2.51. The lowest BCUT2D eigenvalue weighted by atomic mass is 10.3. The molecule has 1 N–H and O–H groups in total. The number of anilines is 1. The van der Waals surface area contributed by atoms with Gasteiger partial charge in [-0.05, 0) is 36.4 Å². The highest BCUT2D eigenvalue weighted by molar-refractivity contribution is 7.89. The van der Waals surface area contributed by atoms with E-state index in [2.05, 4.69) is 5.32 Å². The predicted molar refractivity (Wildman–Crippen MR) is 97.0 cm³/mol. The maximum Gasteiger partial charge on any atom is 0.262 e. The zero-order chi connectivity index (χ0) is 20.0. The predicted octanol–water partition coefficient (Wildman–Crippen LogP) is 3.01. The summed E-state index contributed by atoms with van der Waals surface area (Å²) < 4.78 is 57.4. The summed E-state index contributed by atoms with van der Waals surface area (Å²) in [7, 11) is -3.58. The number of halogens is 2. The number of carbonyl (C=O) groups excluding carboxylic acids is 1. The Kier molecular flexibility index (Phi) is 6.86. The second-order valence-electron chi connectivity index (χ2n) is 5.53. The summed E-state index contributed by atoms with van der Waals surface area (Å²) in [5.41, 5.74) is 0.363. The van der Waals surface area contributed by atoms with Crippen molar-refractivity contribution in [3.8, 4) is 5.75 Å². The second-order valence-corrected chi connectivity index (χ2v) is 7.46. The van der Waals surface area contributed by atoms with Gasteiger partial charge in [0.05, 0.1) is 4.90 Å². The molecule has 0 aliphatic carbocycles. The van der Waals surface area contributed by atoms with Gasteiger partial charge in [0, 0.05) is 24.8 Å². The Morgan fingerprint density at radius 1 is 1.07 bits per heavy atom. The van der Waals surface area contributed by atoms with Crippen molar-refractivity contribution in [3.05, 3.63) is 54.1 Å². The number of rotatable bonds is 8. The van der Waals surface area contributed by atoms with Gasteiger partial charge in [-0.15, -0.1) is 0 Å². The summed E-state index contributed by atoms with van der Waals surface area (Å²) >= 11 is 0. The van der Waals surface area contributed by atoms with Gasteiger partial charge in [0.1, 0.15) is 5.82 Å². The first-order valence-electron chi connectivity index (χ1n) is 8.25. The number of hydrogen-bond donors (Lipinski definition) is 1. The largest absolute Gasteiger partial charge is 0.481 e. The number of nitrogens with one attached hydrogen (secondary N) is 1. The third-order valence-electron chi connectivity index (χ3n) is 3.73. The minimum atomic E-state index is -3.58. The van der Waals surface area contributed by atoms with Crippen LogP contribution < -0.4 is 10.1 Å². The zero-order valence-electron chi connectivity index (χ0n) is 14.9. The van der Waals surface area contributed by atoms with Gasteiger partial charge in [-0.2, -0.15) is 4.31 Å². The zero-order valence-corrected chi connectivity index (χ0v) is 15.7. The molecule has 0 aliphatic heterocycles. The summed E-state index contributed by atoms with van der Waals surface area (Å²) in [4.78, 5) is 12.0. The van der Waals surface area contributed by atoms with E-state index in [1.807, 2.05) is 0 Å². The number of ether oxygens (including phenoxy) is 1. The Hall–Kier alpha value is -2.52. The molecule has 0 heterocycles. The van der Waals surface area contributed by atoms with Crippen LogP contribution in [0.3, 0.4) is 0 Å². The standard InChI is InChI=1S/C18H20F2N2O4S/c1-3-22(4-2)27(24,25)15-8-6-14(7-9-15)21-18(23)12-26-17-10-5-13(19)11-16(17)20/h5-11H,3-4,12H2,1-2H3,(H,21,23). The summed E-state index contributed by atoms with van der Waals surface area (Å²) in [6, 6.07) is 8.45. The lowest BCUT2D eigenvalue weighted by molar-refractivity contribution is -0.118. The molecule has 1 amide bonds. The van der Waals surface area contributed by atoms with E-state index in [4.69, 9.17) is 4.74 Å². The van der Waals surface area contributed by atoms with Gasteiger partial charge in [-0.25, -0.2) is 17.2 Å². The first-order chi connectivity index (χ1) is 12.8. The van der Waals surface area contributed by atoms with Gasteiger partial charge >= 0.3 is 0 Å². The molecule has 0 spiro atoms. The highest BCUT2D eigenvalue weighted by Gasteiger charge is 2.21. The number of carbonyl (C=O) groups is 1. The molecule has 2 aromatic carbocycles. The third-order valence-corrected chi connectivity index (χ3v) is 5.80. The molecule has 0 aliphatic rings. The van der Waals surface area contributed by atoms with Crippen LogP contribution in [0.1, 0.15) is 13.8 Å². The summed E-state index contributed by atoms with van der Waals surface area (Å²) in [6.45, 7) is 3.73. The number of amides is 1. The van der Waals surface area contributed by atoms with Crippen molar-refractivity contribution < 1.29 is 26.7 Å². The van der Waals surface area contributed by atoms with Crippen molar-refractivity contribution in [3.63, 3.8) is 0 Å². The van der Waals surface area contributed by atoms with E-state index < -0.39 is 34.2 Å². The minimum absolute atomic E-state index is 0.119. The normalized spacial score (nSPS) is 11.4. The highest BCUT2D eigenvalue weighted by atomic mass is 32.2. The molecule has 27 heavy (non-hydrogen) atoms. The van der Waals surface area contributed by atoms with Crippen molar-refractivity contribution in [2.24, 2.45) is 0 Å². The van der Waals surface area contributed by atoms with E-state index in [9.17, 15) is 22.0 Å².